The second-order valence-electron chi connectivity index (χ2n) is 6.99. The molecule has 1 aromatic carbocycles. The molecule has 25 heavy (non-hydrogen) atoms. The van der Waals surface area contributed by atoms with Crippen LogP contribution in [-0.2, 0) is 4.79 Å². The lowest BCUT2D eigenvalue weighted by Gasteiger charge is -2.18. The van der Waals surface area contributed by atoms with E-state index >= 15 is 0 Å². The average Bonchev–Trinajstić information content (AvgIpc) is 3.18. The first-order valence-corrected chi connectivity index (χ1v) is 9.93. The van der Waals surface area contributed by atoms with Crippen LogP contribution in [0, 0.1) is 20.8 Å². The van der Waals surface area contributed by atoms with Crippen LogP contribution in [0.3, 0.4) is 0 Å². The van der Waals surface area contributed by atoms with E-state index in [1.165, 1.54) is 36.9 Å². The van der Waals surface area contributed by atoms with Gasteiger partial charge in [-0.1, -0.05) is 42.3 Å². The minimum absolute atomic E-state index is 0.0186. The molecule has 1 aliphatic rings. The molecule has 0 saturated heterocycles. The zero-order valence-corrected chi connectivity index (χ0v) is 16.3. The Kier molecular flexibility index (Phi) is 5.52. The highest BCUT2D eigenvalue weighted by atomic mass is 32.2. The number of aromatic nitrogens is 2. The predicted molar refractivity (Wildman–Crippen MR) is 104 cm³/mol. The van der Waals surface area contributed by atoms with Gasteiger partial charge < -0.3 is 9.88 Å². The molecule has 0 aliphatic heterocycles. The lowest BCUT2D eigenvalue weighted by molar-refractivity contribution is -0.115. The van der Waals surface area contributed by atoms with Crippen LogP contribution in [0.4, 0.5) is 5.69 Å². The highest BCUT2D eigenvalue weighted by Crippen LogP contribution is 2.36. The molecule has 0 spiro atoms. The van der Waals surface area contributed by atoms with E-state index in [9.17, 15) is 4.79 Å². The second-order valence-corrected chi connectivity index (χ2v) is 8.30. The Hall–Kier alpha value is -1.75. The number of aryl methyl sites for hydroxylation is 2. The van der Waals surface area contributed by atoms with E-state index in [0.29, 0.717) is 6.04 Å². The second kappa shape index (κ2) is 7.65. The number of benzene rings is 1. The zero-order valence-electron chi connectivity index (χ0n) is 15.5. The van der Waals surface area contributed by atoms with Gasteiger partial charge in [-0.2, -0.15) is 0 Å². The van der Waals surface area contributed by atoms with Crippen molar-refractivity contribution in [2.45, 2.75) is 69.8 Å². The van der Waals surface area contributed by atoms with Gasteiger partial charge in [0.05, 0.1) is 10.9 Å². The third-order valence-corrected chi connectivity index (χ3v) is 6.08. The Bertz CT molecular complexity index is 745. The van der Waals surface area contributed by atoms with Crippen LogP contribution in [0.25, 0.3) is 0 Å². The van der Waals surface area contributed by atoms with Gasteiger partial charge in [-0.05, 0) is 52.7 Å². The fraction of sp³-hybridized carbons (Fsp3) is 0.500. The van der Waals surface area contributed by atoms with Crippen molar-refractivity contribution in [1.82, 2.24) is 9.55 Å². The number of thioether (sulfide) groups is 1. The minimum Gasteiger partial charge on any atom is -0.325 e. The summed E-state index contributed by atoms with van der Waals surface area (Å²) in [6, 6.07) is 8.44. The number of hydrogen-bond donors (Lipinski definition) is 1. The number of hydrogen-bond acceptors (Lipinski definition) is 3. The summed E-state index contributed by atoms with van der Waals surface area (Å²) in [6.07, 6.45) is 5.01. The maximum absolute atomic E-state index is 12.6. The summed E-state index contributed by atoms with van der Waals surface area (Å²) in [5.41, 5.74) is 4.33. The van der Waals surface area contributed by atoms with Crippen molar-refractivity contribution in [2.24, 2.45) is 0 Å². The molecule has 3 rings (SSSR count). The maximum atomic E-state index is 12.6. The number of rotatable bonds is 5. The predicted octanol–water partition coefficient (Wildman–Crippen LogP) is 5.04. The van der Waals surface area contributed by atoms with E-state index < -0.39 is 0 Å². The van der Waals surface area contributed by atoms with Gasteiger partial charge >= 0.3 is 0 Å². The molecule has 4 nitrogen and oxygen atoms in total. The van der Waals surface area contributed by atoms with Crippen molar-refractivity contribution in [3.8, 4) is 0 Å². The van der Waals surface area contributed by atoms with Gasteiger partial charge in [0.15, 0.2) is 5.16 Å². The van der Waals surface area contributed by atoms with Gasteiger partial charge in [0.2, 0.25) is 5.91 Å². The van der Waals surface area contributed by atoms with Crippen molar-refractivity contribution in [1.29, 1.82) is 0 Å². The Morgan fingerprint density at radius 1 is 1.20 bits per heavy atom. The van der Waals surface area contributed by atoms with E-state index in [1.807, 2.05) is 38.1 Å². The number of nitrogens with zero attached hydrogens (tertiary/aromatic N) is 2. The number of anilines is 1. The lowest BCUT2D eigenvalue weighted by atomic mass is 10.2. The molecule has 1 N–H and O–H groups in total. The summed E-state index contributed by atoms with van der Waals surface area (Å²) in [6.45, 7) is 8.19. The number of imidazole rings is 1. The van der Waals surface area contributed by atoms with Crippen LogP contribution in [-0.4, -0.2) is 20.7 Å². The van der Waals surface area contributed by atoms with Crippen molar-refractivity contribution in [2.75, 3.05) is 5.32 Å². The smallest absolute Gasteiger partial charge is 0.237 e. The van der Waals surface area contributed by atoms with Gasteiger partial charge in [-0.15, -0.1) is 0 Å². The van der Waals surface area contributed by atoms with E-state index in [0.717, 1.165) is 16.5 Å². The van der Waals surface area contributed by atoms with Gasteiger partial charge in [-0.3, -0.25) is 4.79 Å². The standard InChI is InChI=1S/C20H27N3OS/c1-13-9-11-17(12-10-13)22-19(24)16(4)25-20-21-14(2)15(3)23(20)18-7-5-6-8-18/h9-12,16,18H,5-8H2,1-4H3,(H,22,24)/t16-/m1/s1. The van der Waals surface area contributed by atoms with Gasteiger partial charge in [0.25, 0.3) is 0 Å². The minimum atomic E-state index is -0.192. The fourth-order valence-corrected chi connectivity index (χ4v) is 4.44. The fourth-order valence-electron chi connectivity index (χ4n) is 3.36. The molecule has 1 aliphatic carbocycles. The molecular weight excluding hydrogens is 330 g/mol. The van der Waals surface area contributed by atoms with E-state index in [1.54, 1.807) is 11.8 Å². The van der Waals surface area contributed by atoms with E-state index in [4.69, 9.17) is 4.98 Å². The van der Waals surface area contributed by atoms with Crippen LogP contribution in [0.5, 0.6) is 0 Å². The summed E-state index contributed by atoms with van der Waals surface area (Å²) in [4.78, 5) is 17.3. The third-order valence-electron chi connectivity index (χ3n) is 5.01. The number of amides is 1. The molecule has 0 radical (unpaired) electrons. The Balaban J connectivity index is 1.71. The van der Waals surface area contributed by atoms with E-state index in [2.05, 4.69) is 23.7 Å². The molecule has 1 amide bonds. The Morgan fingerprint density at radius 2 is 1.84 bits per heavy atom. The average molecular weight is 358 g/mol. The lowest BCUT2D eigenvalue weighted by Crippen LogP contribution is -2.23. The molecule has 1 heterocycles. The highest BCUT2D eigenvalue weighted by molar-refractivity contribution is 8.00. The summed E-state index contributed by atoms with van der Waals surface area (Å²) >= 11 is 1.56. The van der Waals surface area contributed by atoms with Crippen molar-refractivity contribution < 1.29 is 4.79 Å². The summed E-state index contributed by atoms with van der Waals surface area (Å²) in [5, 5.41) is 3.79. The summed E-state index contributed by atoms with van der Waals surface area (Å²) < 4.78 is 2.36. The SMILES string of the molecule is Cc1ccc(NC(=O)[C@@H](C)Sc2nc(C)c(C)n2C2CCCC2)cc1. The quantitative estimate of drug-likeness (QED) is 0.762. The van der Waals surface area contributed by atoms with Crippen molar-refractivity contribution in [3.63, 3.8) is 0 Å². The third kappa shape index (κ3) is 4.09. The molecule has 1 atom stereocenters. The zero-order chi connectivity index (χ0) is 18.0. The first-order chi connectivity index (χ1) is 12.0. The van der Waals surface area contributed by atoms with E-state index in [-0.39, 0.29) is 11.2 Å². The van der Waals surface area contributed by atoms with Gasteiger partial charge in [0.1, 0.15) is 0 Å². The molecule has 5 heteroatoms. The Morgan fingerprint density at radius 3 is 2.48 bits per heavy atom. The first kappa shape index (κ1) is 18.1. The van der Waals surface area contributed by atoms with Crippen molar-refractivity contribution in [3.05, 3.63) is 41.2 Å². The van der Waals surface area contributed by atoms with Crippen molar-refractivity contribution >= 4 is 23.4 Å². The first-order valence-electron chi connectivity index (χ1n) is 9.05. The van der Waals surface area contributed by atoms with Crippen LogP contribution >= 0.6 is 11.8 Å². The largest absolute Gasteiger partial charge is 0.325 e. The monoisotopic (exact) mass is 357 g/mol. The molecular formula is C20H27N3OS. The number of nitrogens with one attached hydrogen (secondary N) is 1. The molecule has 1 aromatic heterocycles. The molecule has 2 aromatic rings. The maximum Gasteiger partial charge on any atom is 0.237 e. The summed E-state index contributed by atoms with van der Waals surface area (Å²) in [7, 11) is 0. The molecule has 1 saturated carbocycles. The topological polar surface area (TPSA) is 46.9 Å². The summed E-state index contributed by atoms with van der Waals surface area (Å²) in [5.74, 6) is 0.0186. The van der Waals surface area contributed by atoms with Gasteiger partial charge in [-0.25, -0.2) is 4.98 Å². The van der Waals surface area contributed by atoms with Crippen LogP contribution in [0.15, 0.2) is 29.4 Å². The number of carbonyl (C=O) groups excluding carboxylic acids is 1. The van der Waals surface area contributed by atoms with Crippen LogP contribution in [0.2, 0.25) is 0 Å². The van der Waals surface area contributed by atoms with Crippen LogP contribution in [0.1, 0.15) is 55.6 Å². The normalized spacial score (nSPS) is 16.2. The molecule has 0 unspecified atom stereocenters. The molecule has 134 valence electrons. The highest BCUT2D eigenvalue weighted by Gasteiger charge is 2.25. The number of carbonyl (C=O) groups is 1. The molecule has 1 fully saturated rings. The molecule has 0 bridgehead atoms. The Labute approximate surface area is 154 Å². The van der Waals surface area contributed by atoms with Gasteiger partial charge in [0, 0.05) is 17.4 Å². The van der Waals surface area contributed by atoms with Crippen LogP contribution < -0.4 is 5.32 Å².